The molecule has 4 heteroatoms. The minimum Gasteiger partial charge on any atom is -0.340 e. The largest absolute Gasteiger partial charge is 0.340 e. The van der Waals surface area contributed by atoms with Crippen molar-refractivity contribution >= 4 is 5.91 Å². The fraction of sp³-hybridized carbons (Fsp3) is 0.909. The lowest BCUT2D eigenvalue weighted by atomic mass is 10.1. The van der Waals surface area contributed by atoms with Crippen molar-refractivity contribution < 1.29 is 4.79 Å². The molecule has 0 bridgehead atoms. The first-order valence-corrected chi connectivity index (χ1v) is 5.85. The monoisotopic (exact) mass is 213 g/mol. The predicted octanol–water partition coefficient (Wildman–Crippen LogP) is 0.135. The van der Waals surface area contributed by atoms with Crippen molar-refractivity contribution in [2.24, 2.45) is 11.7 Å². The highest BCUT2D eigenvalue weighted by atomic mass is 16.2. The first-order valence-electron chi connectivity index (χ1n) is 5.85. The van der Waals surface area contributed by atoms with E-state index >= 15 is 0 Å². The molecule has 0 radical (unpaired) electrons. The SMILES string of the molecule is CCC(CN)CN1CCN(C(C)=O)CC1. The van der Waals surface area contributed by atoms with Gasteiger partial charge in [0.1, 0.15) is 0 Å². The van der Waals surface area contributed by atoms with E-state index in [2.05, 4.69) is 11.8 Å². The number of carbonyl (C=O) groups is 1. The van der Waals surface area contributed by atoms with Gasteiger partial charge in [-0.3, -0.25) is 9.69 Å². The minimum atomic E-state index is 0.195. The summed E-state index contributed by atoms with van der Waals surface area (Å²) >= 11 is 0. The Morgan fingerprint density at radius 3 is 2.33 bits per heavy atom. The van der Waals surface area contributed by atoms with E-state index in [1.54, 1.807) is 6.92 Å². The molecular weight excluding hydrogens is 190 g/mol. The summed E-state index contributed by atoms with van der Waals surface area (Å²) in [6, 6.07) is 0. The average Bonchev–Trinajstić information content (AvgIpc) is 2.26. The number of nitrogens with zero attached hydrogens (tertiary/aromatic N) is 2. The first kappa shape index (κ1) is 12.5. The molecule has 0 aromatic carbocycles. The Hall–Kier alpha value is -0.610. The summed E-state index contributed by atoms with van der Waals surface area (Å²) in [6.45, 7) is 9.41. The molecular formula is C11H23N3O. The fourth-order valence-corrected chi connectivity index (χ4v) is 1.98. The molecule has 1 rings (SSSR count). The molecule has 0 saturated carbocycles. The van der Waals surface area contributed by atoms with Gasteiger partial charge >= 0.3 is 0 Å². The second-order valence-electron chi connectivity index (χ2n) is 4.32. The standard InChI is InChI=1S/C11H23N3O/c1-3-11(8-12)9-13-4-6-14(7-5-13)10(2)15/h11H,3-9,12H2,1-2H3. The summed E-state index contributed by atoms with van der Waals surface area (Å²) in [7, 11) is 0. The Kier molecular flexibility index (Phi) is 5.05. The molecule has 1 atom stereocenters. The van der Waals surface area contributed by atoms with E-state index in [-0.39, 0.29) is 5.91 Å². The van der Waals surface area contributed by atoms with Crippen LogP contribution in [-0.2, 0) is 4.79 Å². The molecule has 0 spiro atoms. The van der Waals surface area contributed by atoms with Gasteiger partial charge in [-0.05, 0) is 12.5 Å². The molecule has 88 valence electrons. The van der Waals surface area contributed by atoms with Gasteiger partial charge in [-0.1, -0.05) is 13.3 Å². The number of carbonyl (C=O) groups excluding carboxylic acids is 1. The maximum absolute atomic E-state index is 11.1. The molecule has 4 nitrogen and oxygen atoms in total. The van der Waals surface area contributed by atoms with Crippen molar-refractivity contribution in [3.05, 3.63) is 0 Å². The summed E-state index contributed by atoms with van der Waals surface area (Å²) in [5.41, 5.74) is 5.68. The molecule has 1 saturated heterocycles. The van der Waals surface area contributed by atoms with Crippen LogP contribution in [0.4, 0.5) is 0 Å². The van der Waals surface area contributed by atoms with Gasteiger partial charge in [-0.2, -0.15) is 0 Å². The molecule has 1 heterocycles. The molecule has 0 aromatic rings. The quantitative estimate of drug-likeness (QED) is 0.722. The lowest BCUT2D eigenvalue weighted by molar-refractivity contribution is -0.130. The topological polar surface area (TPSA) is 49.6 Å². The molecule has 1 amide bonds. The summed E-state index contributed by atoms with van der Waals surface area (Å²) < 4.78 is 0. The van der Waals surface area contributed by atoms with Crippen LogP contribution in [0.25, 0.3) is 0 Å². The number of hydrogen-bond acceptors (Lipinski definition) is 3. The Bertz CT molecular complexity index is 196. The van der Waals surface area contributed by atoms with Crippen molar-refractivity contribution in [3.8, 4) is 0 Å². The predicted molar refractivity (Wildman–Crippen MR) is 61.5 cm³/mol. The molecule has 1 aliphatic rings. The van der Waals surface area contributed by atoms with Gasteiger partial charge in [0.05, 0.1) is 0 Å². The van der Waals surface area contributed by atoms with Gasteiger partial charge in [0.2, 0.25) is 5.91 Å². The highest BCUT2D eigenvalue weighted by Gasteiger charge is 2.19. The summed E-state index contributed by atoms with van der Waals surface area (Å²) in [6.07, 6.45) is 1.14. The van der Waals surface area contributed by atoms with Crippen molar-refractivity contribution in [2.45, 2.75) is 20.3 Å². The highest BCUT2D eigenvalue weighted by Crippen LogP contribution is 2.07. The third kappa shape index (κ3) is 3.80. The minimum absolute atomic E-state index is 0.195. The van der Waals surface area contributed by atoms with E-state index in [0.29, 0.717) is 5.92 Å². The van der Waals surface area contributed by atoms with Crippen LogP contribution in [-0.4, -0.2) is 55.0 Å². The fourth-order valence-electron chi connectivity index (χ4n) is 1.98. The van der Waals surface area contributed by atoms with Crippen LogP contribution in [0.2, 0.25) is 0 Å². The van der Waals surface area contributed by atoms with Gasteiger partial charge in [-0.15, -0.1) is 0 Å². The van der Waals surface area contributed by atoms with E-state index in [0.717, 1.165) is 45.7 Å². The molecule has 0 aromatic heterocycles. The van der Waals surface area contributed by atoms with Gasteiger partial charge < -0.3 is 10.6 Å². The molecule has 1 aliphatic heterocycles. The van der Waals surface area contributed by atoms with Gasteiger partial charge in [-0.25, -0.2) is 0 Å². The third-order valence-corrected chi connectivity index (χ3v) is 3.24. The summed E-state index contributed by atoms with van der Waals surface area (Å²) in [4.78, 5) is 15.5. The van der Waals surface area contributed by atoms with Crippen LogP contribution in [0.3, 0.4) is 0 Å². The normalized spacial score (nSPS) is 20.3. The Balaban J connectivity index is 2.28. The Morgan fingerprint density at radius 2 is 1.93 bits per heavy atom. The summed E-state index contributed by atoms with van der Waals surface area (Å²) in [5, 5.41) is 0. The zero-order valence-electron chi connectivity index (χ0n) is 9.91. The van der Waals surface area contributed by atoms with Crippen molar-refractivity contribution in [1.29, 1.82) is 0 Å². The van der Waals surface area contributed by atoms with E-state index in [9.17, 15) is 4.79 Å². The highest BCUT2D eigenvalue weighted by molar-refractivity contribution is 5.73. The van der Waals surface area contributed by atoms with Gasteiger partial charge in [0.25, 0.3) is 0 Å². The molecule has 1 unspecified atom stereocenters. The molecule has 1 fully saturated rings. The number of hydrogen-bond donors (Lipinski definition) is 1. The number of rotatable bonds is 4. The first-order chi connectivity index (χ1) is 7.17. The number of nitrogens with two attached hydrogens (primary N) is 1. The van der Waals surface area contributed by atoms with Crippen LogP contribution < -0.4 is 5.73 Å². The van der Waals surface area contributed by atoms with Crippen LogP contribution in [0.1, 0.15) is 20.3 Å². The van der Waals surface area contributed by atoms with Crippen molar-refractivity contribution in [3.63, 3.8) is 0 Å². The molecule has 15 heavy (non-hydrogen) atoms. The molecule has 2 N–H and O–H groups in total. The maximum Gasteiger partial charge on any atom is 0.219 e. The average molecular weight is 213 g/mol. The number of piperazine rings is 1. The zero-order valence-corrected chi connectivity index (χ0v) is 9.91. The smallest absolute Gasteiger partial charge is 0.219 e. The molecule has 0 aliphatic carbocycles. The van der Waals surface area contributed by atoms with Crippen LogP contribution in [0.5, 0.6) is 0 Å². The third-order valence-electron chi connectivity index (χ3n) is 3.24. The second-order valence-corrected chi connectivity index (χ2v) is 4.32. The van der Waals surface area contributed by atoms with E-state index in [4.69, 9.17) is 5.73 Å². The number of amides is 1. The van der Waals surface area contributed by atoms with E-state index in [1.807, 2.05) is 4.90 Å². The maximum atomic E-state index is 11.1. The summed E-state index contributed by atoms with van der Waals surface area (Å²) in [5.74, 6) is 0.800. The van der Waals surface area contributed by atoms with Crippen LogP contribution in [0.15, 0.2) is 0 Å². The van der Waals surface area contributed by atoms with E-state index in [1.165, 1.54) is 0 Å². The van der Waals surface area contributed by atoms with Crippen LogP contribution >= 0.6 is 0 Å². The lowest BCUT2D eigenvalue weighted by Crippen LogP contribution is -2.49. The van der Waals surface area contributed by atoms with Crippen molar-refractivity contribution in [2.75, 3.05) is 39.3 Å². The van der Waals surface area contributed by atoms with Crippen LogP contribution in [0, 0.1) is 5.92 Å². The van der Waals surface area contributed by atoms with E-state index < -0.39 is 0 Å². The Labute approximate surface area is 92.4 Å². The lowest BCUT2D eigenvalue weighted by Gasteiger charge is -2.35. The van der Waals surface area contributed by atoms with Crippen molar-refractivity contribution in [1.82, 2.24) is 9.80 Å². The van der Waals surface area contributed by atoms with Gasteiger partial charge in [0.15, 0.2) is 0 Å². The van der Waals surface area contributed by atoms with Gasteiger partial charge in [0, 0.05) is 39.6 Å². The zero-order chi connectivity index (χ0) is 11.3. The second kappa shape index (κ2) is 6.08. The Morgan fingerprint density at radius 1 is 1.33 bits per heavy atom.